The normalized spacial score (nSPS) is 15.0. The highest BCUT2D eigenvalue weighted by molar-refractivity contribution is 5.81. The minimum absolute atomic E-state index is 0.0485. The van der Waals surface area contributed by atoms with Crippen molar-refractivity contribution in [2.75, 3.05) is 32.8 Å². The summed E-state index contributed by atoms with van der Waals surface area (Å²) in [5, 5.41) is 0. The second-order valence-electron chi connectivity index (χ2n) is 5.40. The van der Waals surface area contributed by atoms with Crippen LogP contribution in [-0.2, 0) is 16.0 Å². The van der Waals surface area contributed by atoms with E-state index in [9.17, 15) is 9.59 Å². The third-order valence-electron chi connectivity index (χ3n) is 3.91. The van der Waals surface area contributed by atoms with Gasteiger partial charge in [-0.2, -0.15) is 0 Å². The summed E-state index contributed by atoms with van der Waals surface area (Å²) in [5.41, 5.74) is 2.36. The summed E-state index contributed by atoms with van der Waals surface area (Å²) in [4.78, 5) is 31.5. The number of nitrogens with zero attached hydrogens (tertiary/aromatic N) is 3. The number of fused-ring (bicyclic) bond motifs is 1. The van der Waals surface area contributed by atoms with Crippen molar-refractivity contribution in [3.05, 3.63) is 30.2 Å². The molecule has 0 unspecified atom stereocenters. The number of benzene rings is 1. The molecule has 3 rings (SSSR count). The molecule has 2 aromatic rings. The number of ether oxygens (including phenoxy) is 1. The van der Waals surface area contributed by atoms with Crippen molar-refractivity contribution in [1.82, 2.24) is 14.8 Å². The van der Waals surface area contributed by atoms with Gasteiger partial charge in [-0.05, 0) is 24.6 Å². The molecular weight excluding hydrogens is 298 g/mol. The topological polar surface area (TPSA) is 75.9 Å². The van der Waals surface area contributed by atoms with Gasteiger partial charge in [0.1, 0.15) is 5.52 Å². The van der Waals surface area contributed by atoms with Crippen molar-refractivity contribution >= 4 is 23.1 Å². The number of carbonyl (C=O) groups is 2. The van der Waals surface area contributed by atoms with E-state index in [2.05, 4.69) is 4.98 Å². The Morgan fingerprint density at radius 2 is 1.96 bits per heavy atom. The average Bonchev–Trinajstić information content (AvgIpc) is 3.03. The fraction of sp³-hybridized carbons (Fsp3) is 0.438. The first-order valence-corrected chi connectivity index (χ1v) is 7.69. The average molecular weight is 317 g/mol. The molecule has 0 radical (unpaired) electrons. The standard InChI is InChI=1S/C16H19N3O4/c1-2-22-16(21)19-7-5-18(6-8-19)15(20)10-12-3-4-13-14(9-12)23-11-17-13/h3-4,9,11H,2,5-8,10H2,1H3. The zero-order valence-electron chi connectivity index (χ0n) is 13.0. The summed E-state index contributed by atoms with van der Waals surface area (Å²) in [6, 6.07) is 5.58. The maximum Gasteiger partial charge on any atom is 0.409 e. The van der Waals surface area contributed by atoms with Crippen LogP contribution in [-0.4, -0.2) is 59.6 Å². The molecule has 1 aromatic heterocycles. The van der Waals surface area contributed by atoms with Crippen LogP contribution in [0.4, 0.5) is 4.79 Å². The molecule has 0 bridgehead atoms. The van der Waals surface area contributed by atoms with Crippen LogP contribution in [0.15, 0.2) is 29.0 Å². The molecule has 1 aliphatic heterocycles. The van der Waals surface area contributed by atoms with Crippen LogP contribution >= 0.6 is 0 Å². The lowest BCUT2D eigenvalue weighted by Gasteiger charge is -2.34. The molecule has 2 amide bonds. The number of amides is 2. The predicted octanol–water partition coefficient (Wildman–Crippen LogP) is 1.67. The molecule has 1 aliphatic rings. The molecule has 1 aromatic carbocycles. The summed E-state index contributed by atoms with van der Waals surface area (Å²) in [6.45, 7) is 4.22. The molecule has 0 N–H and O–H groups in total. The van der Waals surface area contributed by atoms with E-state index < -0.39 is 0 Å². The Morgan fingerprint density at radius 3 is 2.70 bits per heavy atom. The van der Waals surface area contributed by atoms with E-state index in [0.717, 1.165) is 11.1 Å². The molecule has 0 spiro atoms. The van der Waals surface area contributed by atoms with Gasteiger partial charge in [-0.3, -0.25) is 4.79 Å². The number of rotatable bonds is 3. The molecule has 23 heavy (non-hydrogen) atoms. The largest absolute Gasteiger partial charge is 0.450 e. The number of piperazine rings is 1. The molecule has 2 heterocycles. The van der Waals surface area contributed by atoms with E-state index in [4.69, 9.17) is 9.15 Å². The molecule has 122 valence electrons. The number of hydrogen-bond acceptors (Lipinski definition) is 5. The van der Waals surface area contributed by atoms with E-state index in [1.54, 1.807) is 16.7 Å². The van der Waals surface area contributed by atoms with Crippen molar-refractivity contribution in [1.29, 1.82) is 0 Å². The smallest absolute Gasteiger partial charge is 0.409 e. The highest BCUT2D eigenvalue weighted by Gasteiger charge is 2.24. The fourth-order valence-electron chi connectivity index (χ4n) is 2.65. The van der Waals surface area contributed by atoms with Gasteiger partial charge < -0.3 is 19.0 Å². The number of aromatic nitrogens is 1. The van der Waals surface area contributed by atoms with Crippen molar-refractivity contribution in [3.63, 3.8) is 0 Å². The fourth-order valence-corrected chi connectivity index (χ4v) is 2.65. The van der Waals surface area contributed by atoms with Gasteiger partial charge in [-0.15, -0.1) is 0 Å². The zero-order chi connectivity index (χ0) is 16.2. The first-order valence-electron chi connectivity index (χ1n) is 7.69. The van der Waals surface area contributed by atoms with E-state index in [-0.39, 0.29) is 12.0 Å². The molecule has 0 aliphatic carbocycles. The minimum atomic E-state index is -0.310. The summed E-state index contributed by atoms with van der Waals surface area (Å²) in [6.07, 6.45) is 1.40. The highest BCUT2D eigenvalue weighted by Crippen LogP contribution is 2.15. The summed E-state index contributed by atoms with van der Waals surface area (Å²) >= 11 is 0. The Kier molecular flexibility index (Phi) is 4.45. The van der Waals surface area contributed by atoms with Gasteiger partial charge in [-0.1, -0.05) is 6.07 Å². The molecule has 1 fully saturated rings. The van der Waals surface area contributed by atoms with Gasteiger partial charge in [0.15, 0.2) is 12.0 Å². The Hall–Kier alpha value is -2.57. The molecule has 7 nitrogen and oxygen atoms in total. The maximum absolute atomic E-state index is 12.4. The van der Waals surface area contributed by atoms with Crippen molar-refractivity contribution < 1.29 is 18.7 Å². The molecule has 7 heteroatoms. The van der Waals surface area contributed by atoms with Gasteiger partial charge in [0, 0.05) is 26.2 Å². The second kappa shape index (κ2) is 6.68. The van der Waals surface area contributed by atoms with Gasteiger partial charge >= 0.3 is 6.09 Å². The van der Waals surface area contributed by atoms with E-state index >= 15 is 0 Å². The first kappa shape index (κ1) is 15.3. The molecule has 0 saturated carbocycles. The number of hydrogen-bond donors (Lipinski definition) is 0. The van der Waals surface area contributed by atoms with Crippen LogP contribution in [0.1, 0.15) is 12.5 Å². The SMILES string of the molecule is CCOC(=O)N1CCN(C(=O)Cc2ccc3ncoc3c2)CC1. The highest BCUT2D eigenvalue weighted by atomic mass is 16.6. The zero-order valence-corrected chi connectivity index (χ0v) is 13.0. The lowest BCUT2D eigenvalue weighted by molar-refractivity contribution is -0.132. The Balaban J connectivity index is 1.56. The van der Waals surface area contributed by atoms with Crippen molar-refractivity contribution in [3.8, 4) is 0 Å². The van der Waals surface area contributed by atoms with Gasteiger partial charge in [-0.25, -0.2) is 9.78 Å². The Morgan fingerprint density at radius 1 is 1.22 bits per heavy atom. The monoisotopic (exact) mass is 317 g/mol. The third-order valence-corrected chi connectivity index (χ3v) is 3.91. The van der Waals surface area contributed by atoms with Crippen LogP contribution in [0.5, 0.6) is 0 Å². The van der Waals surface area contributed by atoms with Gasteiger partial charge in [0.2, 0.25) is 5.91 Å². The first-order chi connectivity index (χ1) is 11.2. The second-order valence-corrected chi connectivity index (χ2v) is 5.40. The van der Waals surface area contributed by atoms with Crippen LogP contribution in [0.25, 0.3) is 11.1 Å². The molecule has 0 atom stereocenters. The van der Waals surface area contributed by atoms with Crippen LogP contribution in [0, 0.1) is 0 Å². The third kappa shape index (κ3) is 3.44. The summed E-state index contributed by atoms with van der Waals surface area (Å²) < 4.78 is 10.2. The Bertz CT molecular complexity index is 704. The van der Waals surface area contributed by atoms with E-state index in [0.29, 0.717) is 44.8 Å². The van der Waals surface area contributed by atoms with Crippen molar-refractivity contribution in [2.45, 2.75) is 13.3 Å². The number of oxazole rings is 1. The number of carbonyl (C=O) groups excluding carboxylic acids is 2. The quantitative estimate of drug-likeness (QED) is 0.861. The van der Waals surface area contributed by atoms with E-state index in [1.807, 2.05) is 18.2 Å². The van der Waals surface area contributed by atoms with Gasteiger partial charge in [0.25, 0.3) is 0 Å². The van der Waals surface area contributed by atoms with Crippen LogP contribution in [0.2, 0.25) is 0 Å². The predicted molar refractivity (Wildman–Crippen MR) is 82.9 cm³/mol. The molecular formula is C16H19N3O4. The lowest BCUT2D eigenvalue weighted by atomic mass is 10.1. The summed E-state index contributed by atoms with van der Waals surface area (Å²) in [7, 11) is 0. The maximum atomic E-state index is 12.4. The van der Waals surface area contributed by atoms with Crippen LogP contribution < -0.4 is 0 Å². The Labute approximate surface area is 133 Å². The minimum Gasteiger partial charge on any atom is -0.450 e. The van der Waals surface area contributed by atoms with E-state index in [1.165, 1.54) is 6.39 Å². The molecule has 1 saturated heterocycles. The lowest BCUT2D eigenvalue weighted by Crippen LogP contribution is -2.51. The van der Waals surface area contributed by atoms with Crippen molar-refractivity contribution in [2.24, 2.45) is 0 Å². The van der Waals surface area contributed by atoms with Crippen LogP contribution in [0.3, 0.4) is 0 Å². The van der Waals surface area contributed by atoms with Gasteiger partial charge in [0.05, 0.1) is 13.0 Å². The summed E-state index contributed by atoms with van der Waals surface area (Å²) in [5.74, 6) is 0.0485.